The van der Waals surface area contributed by atoms with Crippen LogP contribution in [0.3, 0.4) is 0 Å². The van der Waals surface area contributed by atoms with Crippen LogP contribution < -0.4 is 0 Å². The zero-order valence-electron chi connectivity index (χ0n) is 15.8. The normalized spacial score (nSPS) is 21.1. The minimum absolute atomic E-state index is 0.0719. The second-order valence-corrected chi connectivity index (χ2v) is 7.63. The van der Waals surface area contributed by atoms with Crippen molar-refractivity contribution in [3.8, 4) is 0 Å². The van der Waals surface area contributed by atoms with Crippen molar-refractivity contribution < 1.29 is 14.3 Å². The first-order valence-electron chi connectivity index (χ1n) is 9.51. The molecule has 0 N–H and O–H groups in total. The van der Waals surface area contributed by atoms with E-state index in [0.717, 1.165) is 57.4 Å². The second kappa shape index (κ2) is 8.16. The highest BCUT2D eigenvalue weighted by Gasteiger charge is 2.41. The van der Waals surface area contributed by atoms with Gasteiger partial charge in [-0.3, -0.25) is 14.6 Å². The predicted molar refractivity (Wildman–Crippen MR) is 98.5 cm³/mol. The van der Waals surface area contributed by atoms with Crippen LogP contribution in [0.25, 0.3) is 0 Å². The molecule has 1 atom stereocenters. The van der Waals surface area contributed by atoms with E-state index in [-0.39, 0.29) is 23.3 Å². The van der Waals surface area contributed by atoms with Gasteiger partial charge in [0.2, 0.25) is 5.91 Å². The number of pyridine rings is 1. The molecule has 142 valence electrons. The summed E-state index contributed by atoms with van der Waals surface area (Å²) in [6.45, 7) is 4.88. The first kappa shape index (κ1) is 18.8. The number of methoxy groups -OCH3 is 1. The molecule has 0 aromatic carbocycles. The molecular weight excluding hydrogens is 330 g/mol. The Morgan fingerprint density at radius 3 is 2.77 bits per heavy atom. The number of rotatable bonds is 5. The van der Waals surface area contributed by atoms with E-state index >= 15 is 0 Å². The molecule has 2 saturated heterocycles. The minimum Gasteiger partial charge on any atom is -0.372 e. The van der Waals surface area contributed by atoms with Gasteiger partial charge in [0.15, 0.2) is 0 Å². The van der Waals surface area contributed by atoms with Gasteiger partial charge in [-0.25, -0.2) is 0 Å². The molecule has 1 aromatic heterocycles. The minimum atomic E-state index is -0.382. The van der Waals surface area contributed by atoms with Crippen LogP contribution in [0.5, 0.6) is 0 Å². The number of amides is 2. The highest BCUT2D eigenvalue weighted by molar-refractivity contribution is 5.80. The van der Waals surface area contributed by atoms with Gasteiger partial charge in [-0.1, -0.05) is 6.07 Å². The van der Waals surface area contributed by atoms with Crippen LogP contribution in [0.1, 0.15) is 38.2 Å². The predicted octanol–water partition coefficient (Wildman–Crippen LogP) is 1.89. The zero-order chi connectivity index (χ0) is 18.6. The maximum absolute atomic E-state index is 12.4. The van der Waals surface area contributed by atoms with E-state index in [1.807, 2.05) is 22.1 Å². The summed E-state index contributed by atoms with van der Waals surface area (Å²) in [5.41, 5.74) is 1.32. The monoisotopic (exact) mass is 359 g/mol. The number of aromatic nitrogens is 1. The highest BCUT2D eigenvalue weighted by Crippen LogP contribution is 2.40. The lowest BCUT2D eigenvalue weighted by Gasteiger charge is -2.47. The smallest absolute Gasteiger partial charge is 0.251 e. The third kappa shape index (κ3) is 4.23. The molecule has 26 heavy (non-hydrogen) atoms. The number of likely N-dealkylation sites (tertiary alicyclic amines) is 2. The van der Waals surface area contributed by atoms with Crippen LogP contribution in [0.15, 0.2) is 24.5 Å². The van der Waals surface area contributed by atoms with Crippen LogP contribution >= 0.6 is 0 Å². The molecule has 0 bridgehead atoms. The van der Waals surface area contributed by atoms with Crippen molar-refractivity contribution in [2.24, 2.45) is 5.41 Å². The van der Waals surface area contributed by atoms with Gasteiger partial charge in [0.1, 0.15) is 6.10 Å². The van der Waals surface area contributed by atoms with Crippen molar-refractivity contribution in [1.82, 2.24) is 14.8 Å². The third-order valence-corrected chi connectivity index (χ3v) is 5.98. The Morgan fingerprint density at radius 2 is 2.12 bits per heavy atom. The quantitative estimate of drug-likeness (QED) is 0.805. The van der Waals surface area contributed by atoms with E-state index < -0.39 is 0 Å². The number of piperidine rings is 2. The molecular formula is C20H29N3O3. The Bertz CT molecular complexity index is 626. The summed E-state index contributed by atoms with van der Waals surface area (Å²) in [4.78, 5) is 32.8. The maximum atomic E-state index is 12.4. The van der Waals surface area contributed by atoms with Crippen LogP contribution in [0, 0.1) is 5.41 Å². The molecule has 6 nitrogen and oxygen atoms in total. The molecule has 1 aromatic rings. The van der Waals surface area contributed by atoms with E-state index in [9.17, 15) is 9.59 Å². The molecule has 1 spiro atoms. The maximum Gasteiger partial charge on any atom is 0.251 e. The first-order chi connectivity index (χ1) is 12.5. The fourth-order valence-electron chi connectivity index (χ4n) is 4.08. The summed E-state index contributed by atoms with van der Waals surface area (Å²) in [5, 5.41) is 0. The van der Waals surface area contributed by atoms with E-state index in [1.54, 1.807) is 20.2 Å². The molecule has 0 aliphatic carbocycles. The molecule has 2 aliphatic rings. The summed E-state index contributed by atoms with van der Waals surface area (Å²) in [7, 11) is 1.57. The first-order valence-corrected chi connectivity index (χ1v) is 9.51. The second-order valence-electron chi connectivity index (χ2n) is 7.63. The number of hydrogen-bond donors (Lipinski definition) is 0. The molecule has 2 amide bonds. The van der Waals surface area contributed by atoms with Crippen molar-refractivity contribution in [2.45, 2.75) is 45.1 Å². The lowest BCUT2D eigenvalue weighted by Crippen LogP contribution is -2.53. The molecule has 0 radical (unpaired) electrons. The van der Waals surface area contributed by atoms with Gasteiger partial charge in [-0.15, -0.1) is 0 Å². The summed E-state index contributed by atoms with van der Waals surface area (Å²) in [5.74, 6) is 0.327. The van der Waals surface area contributed by atoms with E-state index in [2.05, 4.69) is 11.1 Å². The van der Waals surface area contributed by atoms with Gasteiger partial charge in [0.05, 0.1) is 0 Å². The Labute approximate surface area is 155 Å². The van der Waals surface area contributed by atoms with E-state index in [4.69, 9.17) is 4.74 Å². The average molecular weight is 359 g/mol. The Balaban J connectivity index is 1.56. The van der Waals surface area contributed by atoms with Crippen LogP contribution in [0.4, 0.5) is 0 Å². The molecule has 3 heterocycles. The number of nitrogens with zero attached hydrogens (tertiary/aromatic N) is 3. The Morgan fingerprint density at radius 1 is 1.35 bits per heavy atom. The van der Waals surface area contributed by atoms with Gasteiger partial charge in [-0.2, -0.15) is 0 Å². The van der Waals surface area contributed by atoms with Crippen molar-refractivity contribution in [3.05, 3.63) is 30.1 Å². The molecule has 3 rings (SSSR count). The van der Waals surface area contributed by atoms with Gasteiger partial charge >= 0.3 is 0 Å². The zero-order valence-corrected chi connectivity index (χ0v) is 15.8. The molecule has 6 heteroatoms. The van der Waals surface area contributed by atoms with E-state index in [1.165, 1.54) is 0 Å². The van der Waals surface area contributed by atoms with Gasteiger partial charge in [0, 0.05) is 52.1 Å². The van der Waals surface area contributed by atoms with Crippen molar-refractivity contribution in [2.75, 3.05) is 33.3 Å². The SMILES string of the molecule is CO[C@H](C)C(=O)N1CCC2(CCC(=O)N(CCc3cccnc3)C2)CC1. The van der Waals surface area contributed by atoms with Gasteiger partial charge in [0.25, 0.3) is 5.91 Å². The summed E-state index contributed by atoms with van der Waals surface area (Å²) in [6, 6.07) is 3.99. The number of carbonyl (C=O) groups is 2. The summed E-state index contributed by atoms with van der Waals surface area (Å²) < 4.78 is 5.16. The van der Waals surface area contributed by atoms with Gasteiger partial charge < -0.3 is 14.5 Å². The lowest BCUT2D eigenvalue weighted by molar-refractivity contribution is -0.147. The highest BCUT2D eigenvalue weighted by atomic mass is 16.5. The molecule has 2 aliphatic heterocycles. The fourth-order valence-corrected chi connectivity index (χ4v) is 4.08. The summed E-state index contributed by atoms with van der Waals surface area (Å²) >= 11 is 0. The average Bonchev–Trinajstić information content (AvgIpc) is 2.69. The van der Waals surface area contributed by atoms with Crippen molar-refractivity contribution in [3.63, 3.8) is 0 Å². The van der Waals surface area contributed by atoms with Crippen molar-refractivity contribution in [1.29, 1.82) is 0 Å². The molecule has 0 saturated carbocycles. The standard InChI is InChI=1S/C20H29N3O3/c1-16(26-2)19(25)22-12-8-20(9-13-22)7-5-18(24)23(15-20)11-6-17-4-3-10-21-14-17/h3-4,10,14,16H,5-9,11-13,15H2,1-2H3/t16-/m1/s1. The Kier molecular flexibility index (Phi) is 5.91. The largest absolute Gasteiger partial charge is 0.372 e. The van der Waals surface area contributed by atoms with Crippen LogP contribution in [-0.4, -0.2) is 66.0 Å². The number of hydrogen-bond acceptors (Lipinski definition) is 4. The topological polar surface area (TPSA) is 62.7 Å². The van der Waals surface area contributed by atoms with E-state index in [0.29, 0.717) is 6.42 Å². The van der Waals surface area contributed by atoms with Crippen LogP contribution in [-0.2, 0) is 20.7 Å². The molecule has 0 unspecified atom stereocenters. The summed E-state index contributed by atoms with van der Waals surface area (Å²) in [6.07, 6.45) is 7.58. The van der Waals surface area contributed by atoms with Gasteiger partial charge in [-0.05, 0) is 49.7 Å². The fraction of sp³-hybridized carbons (Fsp3) is 0.650. The molecule has 2 fully saturated rings. The number of ether oxygens (including phenoxy) is 1. The third-order valence-electron chi connectivity index (χ3n) is 5.98. The lowest BCUT2D eigenvalue weighted by atomic mass is 9.72. The van der Waals surface area contributed by atoms with Crippen LogP contribution in [0.2, 0.25) is 0 Å². The van der Waals surface area contributed by atoms with Crippen molar-refractivity contribution >= 4 is 11.8 Å². The number of carbonyl (C=O) groups excluding carboxylic acids is 2. The Hall–Kier alpha value is -1.95.